The summed E-state index contributed by atoms with van der Waals surface area (Å²) in [7, 11) is 0. The molecule has 4 atom stereocenters. The first-order chi connectivity index (χ1) is 12.0. The molecule has 2 aromatic rings. The molecule has 0 radical (unpaired) electrons. The number of fused-ring (bicyclic) bond motifs is 5. The van der Waals surface area contributed by atoms with Crippen LogP contribution in [0.4, 0.5) is 4.39 Å². The zero-order chi connectivity index (χ0) is 17.0. The molecule has 1 heterocycles. The molecule has 2 N–H and O–H groups in total. The van der Waals surface area contributed by atoms with Crippen LogP contribution in [0.3, 0.4) is 0 Å². The molecule has 4 nitrogen and oxygen atoms in total. The van der Waals surface area contributed by atoms with Crippen LogP contribution in [-0.4, -0.2) is 26.1 Å². The number of alkyl halides is 1. The second kappa shape index (κ2) is 4.25. The summed E-state index contributed by atoms with van der Waals surface area (Å²) >= 11 is 0. The van der Waals surface area contributed by atoms with Crippen LogP contribution in [0.2, 0.25) is 0 Å². The summed E-state index contributed by atoms with van der Waals surface area (Å²) in [5.74, 6) is 0.742. The van der Waals surface area contributed by atoms with Gasteiger partial charge in [-0.05, 0) is 73.8 Å². The van der Waals surface area contributed by atoms with E-state index >= 15 is 4.39 Å². The van der Waals surface area contributed by atoms with Gasteiger partial charge in [0.05, 0.1) is 11.1 Å². The minimum Gasteiger partial charge on any atom is -0.389 e. The van der Waals surface area contributed by atoms with E-state index in [4.69, 9.17) is 0 Å². The van der Waals surface area contributed by atoms with E-state index in [1.165, 1.54) is 0 Å². The van der Waals surface area contributed by atoms with Crippen molar-refractivity contribution in [3.05, 3.63) is 23.3 Å². The quantitative estimate of drug-likeness (QED) is 0.756. The lowest BCUT2D eigenvalue weighted by molar-refractivity contribution is -0.105. The fourth-order valence-electron chi connectivity index (χ4n) is 7.67. The van der Waals surface area contributed by atoms with Crippen molar-refractivity contribution in [2.24, 2.45) is 16.7 Å². The minimum atomic E-state index is -0.976. The Morgan fingerprint density at radius 3 is 2.80 bits per heavy atom. The van der Waals surface area contributed by atoms with Crippen molar-refractivity contribution >= 4 is 11.0 Å². The molecule has 3 saturated carbocycles. The van der Waals surface area contributed by atoms with Crippen molar-refractivity contribution in [2.75, 3.05) is 0 Å². The van der Waals surface area contributed by atoms with Crippen LogP contribution in [0.1, 0.15) is 75.1 Å². The molecule has 1 aromatic carbocycles. The van der Waals surface area contributed by atoms with Crippen molar-refractivity contribution in [1.29, 1.82) is 0 Å². The van der Waals surface area contributed by atoms with Crippen LogP contribution in [-0.2, 0) is 0 Å². The average molecular weight is 341 g/mol. The summed E-state index contributed by atoms with van der Waals surface area (Å²) in [6.45, 7) is 2.30. The molecule has 0 amide bonds. The van der Waals surface area contributed by atoms with E-state index in [2.05, 4.69) is 28.4 Å². The molecule has 4 aliphatic carbocycles. The molecule has 6 rings (SSSR count). The van der Waals surface area contributed by atoms with E-state index in [0.29, 0.717) is 23.8 Å². The Kier molecular flexibility index (Phi) is 2.49. The maximum absolute atomic E-state index is 15.4. The number of aliphatic hydroxyl groups is 1. The number of hydrogen-bond donors (Lipinski definition) is 2. The largest absolute Gasteiger partial charge is 0.389 e. The molecule has 0 aliphatic heterocycles. The van der Waals surface area contributed by atoms with E-state index in [-0.39, 0.29) is 10.8 Å². The SMILES string of the molecule is C[C@]12CC[C@@H]3c4ccc5[nH]nnc5c4[C@H](F)C[C@H]3C13CCC2(O)CC3. The van der Waals surface area contributed by atoms with Crippen LogP contribution in [0.25, 0.3) is 11.0 Å². The third-order valence-corrected chi connectivity index (χ3v) is 8.99. The molecular formula is C20H24FN3O. The lowest BCUT2D eigenvalue weighted by Crippen LogP contribution is -2.52. The number of nitrogens with zero attached hydrogens (tertiary/aromatic N) is 2. The van der Waals surface area contributed by atoms with Gasteiger partial charge < -0.3 is 5.11 Å². The average Bonchev–Trinajstić information content (AvgIpc) is 3.23. The number of rotatable bonds is 0. The van der Waals surface area contributed by atoms with Gasteiger partial charge in [0.2, 0.25) is 0 Å². The number of benzene rings is 1. The fourth-order valence-corrected chi connectivity index (χ4v) is 7.67. The summed E-state index contributed by atoms with van der Waals surface area (Å²) in [4.78, 5) is 0. The van der Waals surface area contributed by atoms with Crippen LogP contribution in [0.5, 0.6) is 0 Å². The zero-order valence-electron chi connectivity index (χ0n) is 14.6. The van der Waals surface area contributed by atoms with Gasteiger partial charge in [-0.3, -0.25) is 5.10 Å². The van der Waals surface area contributed by atoms with Gasteiger partial charge in [0.15, 0.2) is 0 Å². The molecule has 4 aliphatic rings. The van der Waals surface area contributed by atoms with Crippen molar-refractivity contribution in [3.63, 3.8) is 0 Å². The second-order valence-electron chi connectivity index (χ2n) is 9.25. The van der Waals surface area contributed by atoms with Crippen molar-refractivity contribution < 1.29 is 9.50 Å². The highest BCUT2D eigenvalue weighted by atomic mass is 19.1. The lowest BCUT2D eigenvalue weighted by Gasteiger charge is -2.57. The van der Waals surface area contributed by atoms with Gasteiger partial charge in [0.25, 0.3) is 0 Å². The van der Waals surface area contributed by atoms with E-state index in [9.17, 15) is 5.11 Å². The topological polar surface area (TPSA) is 61.8 Å². The van der Waals surface area contributed by atoms with E-state index in [0.717, 1.165) is 55.2 Å². The standard InChI is InChI=1S/C20H24FN3O/c1-18-5-4-11-12-2-3-15-17(23-24-22-15)16(12)14(21)10-13(11)19(18)6-8-20(18,25)9-7-19/h2-3,11,13-14,25H,4-10H2,1H3,(H,22,23,24)/t11-,13-,14-,18+,19?,20?/m1/s1. The smallest absolute Gasteiger partial charge is 0.128 e. The van der Waals surface area contributed by atoms with Crippen LogP contribution >= 0.6 is 0 Å². The molecular weight excluding hydrogens is 317 g/mol. The van der Waals surface area contributed by atoms with Crippen LogP contribution in [0.15, 0.2) is 12.1 Å². The van der Waals surface area contributed by atoms with Gasteiger partial charge in [-0.15, -0.1) is 5.10 Å². The zero-order valence-corrected chi connectivity index (χ0v) is 14.6. The Hall–Kier alpha value is -1.49. The second-order valence-corrected chi connectivity index (χ2v) is 9.25. The Balaban J connectivity index is 1.54. The number of aromatic amines is 1. The summed E-state index contributed by atoms with van der Waals surface area (Å²) in [5.41, 5.74) is 3.04. The first kappa shape index (κ1) is 14.7. The van der Waals surface area contributed by atoms with Gasteiger partial charge in [-0.1, -0.05) is 18.2 Å². The van der Waals surface area contributed by atoms with E-state index < -0.39 is 11.8 Å². The first-order valence-corrected chi connectivity index (χ1v) is 9.69. The van der Waals surface area contributed by atoms with Crippen LogP contribution < -0.4 is 0 Å². The number of H-pyrrole nitrogens is 1. The number of aromatic nitrogens is 3. The van der Waals surface area contributed by atoms with Crippen molar-refractivity contribution in [2.45, 2.75) is 69.6 Å². The van der Waals surface area contributed by atoms with Crippen molar-refractivity contribution in [1.82, 2.24) is 15.4 Å². The molecule has 0 spiro atoms. The fraction of sp³-hybridized carbons (Fsp3) is 0.700. The molecule has 0 unspecified atom stereocenters. The Morgan fingerprint density at radius 1 is 1.20 bits per heavy atom. The number of nitrogens with one attached hydrogen (secondary N) is 1. The molecule has 132 valence electrons. The Morgan fingerprint density at radius 2 is 2.00 bits per heavy atom. The molecule has 2 bridgehead atoms. The molecule has 1 aromatic heterocycles. The lowest BCUT2D eigenvalue weighted by atomic mass is 9.48. The summed E-state index contributed by atoms with van der Waals surface area (Å²) in [6, 6.07) is 4.12. The minimum absolute atomic E-state index is 0.0314. The van der Waals surface area contributed by atoms with E-state index in [1.807, 2.05) is 6.07 Å². The third kappa shape index (κ3) is 1.43. The maximum atomic E-state index is 15.4. The summed E-state index contributed by atoms with van der Waals surface area (Å²) < 4.78 is 15.4. The monoisotopic (exact) mass is 341 g/mol. The molecule has 3 fully saturated rings. The maximum Gasteiger partial charge on any atom is 0.128 e. The van der Waals surface area contributed by atoms with Gasteiger partial charge >= 0.3 is 0 Å². The highest BCUT2D eigenvalue weighted by Gasteiger charge is 2.73. The van der Waals surface area contributed by atoms with E-state index in [1.54, 1.807) is 0 Å². The van der Waals surface area contributed by atoms with Crippen molar-refractivity contribution in [3.8, 4) is 0 Å². The predicted molar refractivity (Wildman–Crippen MR) is 91.8 cm³/mol. The molecule has 25 heavy (non-hydrogen) atoms. The number of hydrogen-bond acceptors (Lipinski definition) is 3. The summed E-state index contributed by atoms with van der Waals surface area (Å²) in [6.07, 6.45) is 5.64. The van der Waals surface area contributed by atoms with Gasteiger partial charge in [0.1, 0.15) is 11.7 Å². The third-order valence-electron chi connectivity index (χ3n) is 8.99. The Labute approximate surface area is 146 Å². The highest BCUT2D eigenvalue weighted by molar-refractivity contribution is 5.80. The van der Waals surface area contributed by atoms with Crippen LogP contribution in [0, 0.1) is 16.7 Å². The first-order valence-electron chi connectivity index (χ1n) is 9.69. The van der Waals surface area contributed by atoms with Gasteiger partial charge in [-0.25, -0.2) is 4.39 Å². The molecule has 5 heteroatoms. The number of halogens is 1. The summed E-state index contributed by atoms with van der Waals surface area (Å²) in [5, 5.41) is 22.2. The highest BCUT2D eigenvalue weighted by Crippen LogP contribution is 2.78. The normalized spacial score (nSPS) is 47.6. The van der Waals surface area contributed by atoms with Gasteiger partial charge in [0, 0.05) is 11.0 Å². The van der Waals surface area contributed by atoms with Gasteiger partial charge in [-0.2, -0.15) is 0 Å². The molecule has 0 saturated heterocycles. The Bertz CT molecular complexity index is 884. The predicted octanol–water partition coefficient (Wildman–Crippen LogP) is 4.18.